The lowest BCUT2D eigenvalue weighted by molar-refractivity contribution is -0.684. The number of pyridine rings is 1. The molecular weight excluding hydrogens is 296 g/mol. The highest BCUT2D eigenvalue weighted by atomic mass is 16.6. The quantitative estimate of drug-likeness (QED) is 0.669. The Bertz CT molecular complexity index is 593. The van der Waals surface area contributed by atoms with Crippen LogP contribution in [-0.4, -0.2) is 41.3 Å². The number of amides is 2. The summed E-state index contributed by atoms with van der Waals surface area (Å²) in [6, 6.07) is 5.60. The van der Waals surface area contributed by atoms with Gasteiger partial charge in [-0.15, -0.1) is 0 Å². The Morgan fingerprint density at radius 1 is 1.30 bits per heavy atom. The van der Waals surface area contributed by atoms with E-state index in [0.29, 0.717) is 19.5 Å². The molecule has 7 heteroatoms. The van der Waals surface area contributed by atoms with Gasteiger partial charge in [-0.1, -0.05) is 6.07 Å². The van der Waals surface area contributed by atoms with Crippen molar-refractivity contribution < 1.29 is 18.9 Å². The van der Waals surface area contributed by atoms with Crippen LogP contribution in [0.25, 0.3) is 0 Å². The fourth-order valence-electron chi connectivity index (χ4n) is 2.10. The number of rotatable bonds is 3. The van der Waals surface area contributed by atoms with Crippen molar-refractivity contribution >= 4 is 17.7 Å². The van der Waals surface area contributed by atoms with Gasteiger partial charge in [-0.3, -0.25) is 4.79 Å². The highest BCUT2D eigenvalue weighted by molar-refractivity contribution is 5.92. The molecule has 23 heavy (non-hydrogen) atoms. The molecule has 0 radical (unpaired) electrons. The maximum absolute atomic E-state index is 11.9. The number of nitrogens with zero attached hydrogens (tertiary/aromatic N) is 3. The highest BCUT2D eigenvalue weighted by Crippen LogP contribution is 2.13. The lowest BCUT2D eigenvalue weighted by Crippen LogP contribution is -2.41. The summed E-state index contributed by atoms with van der Waals surface area (Å²) in [5.41, 5.74) is 2.78. The standard InChI is InChI=1S/C16H22N4O3/c1-16(2,3)23-15(22)20-10-7-13(11-20)17-18-14(21)12-19-8-5-4-6-9-19/h4-6,8-9H,7,10-12H2,1-3H3/p+1/b17-13+. The summed E-state index contributed by atoms with van der Waals surface area (Å²) in [5.74, 6) is -0.204. The number of aromatic nitrogens is 1. The first-order chi connectivity index (χ1) is 10.8. The van der Waals surface area contributed by atoms with E-state index >= 15 is 0 Å². The molecule has 1 fully saturated rings. The Morgan fingerprint density at radius 3 is 2.65 bits per heavy atom. The van der Waals surface area contributed by atoms with Crippen LogP contribution in [0.4, 0.5) is 4.79 Å². The molecule has 1 aromatic rings. The molecule has 0 spiro atoms. The van der Waals surface area contributed by atoms with E-state index in [1.807, 2.05) is 51.4 Å². The first-order valence-corrected chi connectivity index (χ1v) is 7.60. The van der Waals surface area contributed by atoms with Crippen LogP contribution in [0, 0.1) is 0 Å². The van der Waals surface area contributed by atoms with E-state index in [9.17, 15) is 9.59 Å². The predicted molar refractivity (Wildman–Crippen MR) is 84.6 cm³/mol. The van der Waals surface area contributed by atoms with Gasteiger partial charge in [-0.25, -0.2) is 10.2 Å². The fourth-order valence-corrected chi connectivity index (χ4v) is 2.10. The van der Waals surface area contributed by atoms with Gasteiger partial charge < -0.3 is 9.64 Å². The Kier molecular flexibility index (Phi) is 5.31. The van der Waals surface area contributed by atoms with Crippen molar-refractivity contribution in [2.45, 2.75) is 39.3 Å². The molecule has 0 aliphatic carbocycles. The van der Waals surface area contributed by atoms with Crippen LogP contribution in [0.2, 0.25) is 0 Å². The minimum atomic E-state index is -0.516. The predicted octanol–water partition coefficient (Wildman–Crippen LogP) is 1.09. The number of likely N-dealkylation sites (tertiary alicyclic amines) is 1. The normalized spacial score (nSPS) is 16.5. The van der Waals surface area contributed by atoms with Crippen LogP contribution in [0.5, 0.6) is 0 Å². The molecule has 0 bridgehead atoms. The van der Waals surface area contributed by atoms with E-state index in [4.69, 9.17) is 4.74 Å². The summed E-state index contributed by atoms with van der Waals surface area (Å²) >= 11 is 0. The zero-order valence-corrected chi connectivity index (χ0v) is 13.8. The van der Waals surface area contributed by atoms with E-state index < -0.39 is 5.60 Å². The summed E-state index contributed by atoms with van der Waals surface area (Å²) in [4.78, 5) is 25.4. The lowest BCUT2D eigenvalue weighted by Gasteiger charge is -2.23. The van der Waals surface area contributed by atoms with E-state index in [1.54, 1.807) is 9.47 Å². The molecule has 1 N–H and O–H groups in total. The topological polar surface area (TPSA) is 74.9 Å². The van der Waals surface area contributed by atoms with Gasteiger partial charge in [-0.05, 0) is 20.8 Å². The number of hydrogen-bond acceptors (Lipinski definition) is 4. The third-order valence-electron chi connectivity index (χ3n) is 3.14. The average molecular weight is 319 g/mol. The molecule has 7 nitrogen and oxygen atoms in total. The Hall–Kier alpha value is -2.44. The van der Waals surface area contributed by atoms with Crippen LogP contribution >= 0.6 is 0 Å². The first kappa shape index (κ1) is 16.9. The zero-order chi connectivity index (χ0) is 16.9. The van der Waals surface area contributed by atoms with Gasteiger partial charge in [0.15, 0.2) is 12.4 Å². The van der Waals surface area contributed by atoms with Gasteiger partial charge in [0, 0.05) is 25.1 Å². The van der Waals surface area contributed by atoms with Crippen molar-refractivity contribution in [2.75, 3.05) is 13.1 Å². The Labute approximate surface area is 135 Å². The molecule has 0 aromatic carbocycles. The maximum atomic E-state index is 11.9. The molecule has 2 amide bonds. The summed E-state index contributed by atoms with van der Waals surface area (Å²) in [7, 11) is 0. The van der Waals surface area contributed by atoms with Crippen molar-refractivity contribution in [2.24, 2.45) is 5.10 Å². The number of nitrogens with one attached hydrogen (secondary N) is 1. The summed E-state index contributed by atoms with van der Waals surface area (Å²) in [5, 5.41) is 4.10. The molecule has 1 aromatic heterocycles. The second kappa shape index (κ2) is 7.21. The van der Waals surface area contributed by atoms with E-state index in [2.05, 4.69) is 10.5 Å². The van der Waals surface area contributed by atoms with Gasteiger partial charge in [0.25, 0.3) is 0 Å². The van der Waals surface area contributed by atoms with E-state index in [-0.39, 0.29) is 18.5 Å². The molecule has 1 saturated heterocycles. The number of hydrogen-bond donors (Lipinski definition) is 1. The third-order valence-corrected chi connectivity index (χ3v) is 3.14. The van der Waals surface area contributed by atoms with Crippen LogP contribution in [0.1, 0.15) is 27.2 Å². The molecular formula is C16H23N4O3+. The molecule has 0 unspecified atom stereocenters. The van der Waals surface area contributed by atoms with Crippen LogP contribution in [0.15, 0.2) is 35.7 Å². The number of hydrazone groups is 1. The Balaban J connectivity index is 1.81. The van der Waals surface area contributed by atoms with Crippen molar-refractivity contribution in [3.05, 3.63) is 30.6 Å². The van der Waals surface area contributed by atoms with Gasteiger partial charge >= 0.3 is 12.0 Å². The van der Waals surface area contributed by atoms with Crippen molar-refractivity contribution in [1.29, 1.82) is 0 Å². The number of ether oxygens (including phenoxy) is 1. The van der Waals surface area contributed by atoms with Crippen molar-refractivity contribution in [1.82, 2.24) is 10.3 Å². The van der Waals surface area contributed by atoms with E-state index in [0.717, 1.165) is 5.71 Å². The van der Waals surface area contributed by atoms with Gasteiger partial charge in [0.1, 0.15) is 5.60 Å². The monoisotopic (exact) mass is 319 g/mol. The van der Waals surface area contributed by atoms with Crippen LogP contribution in [0.3, 0.4) is 0 Å². The minimum Gasteiger partial charge on any atom is -0.444 e. The molecule has 0 atom stereocenters. The Morgan fingerprint density at radius 2 is 2.00 bits per heavy atom. The van der Waals surface area contributed by atoms with Gasteiger partial charge in [0.2, 0.25) is 6.54 Å². The minimum absolute atomic E-state index is 0.202. The van der Waals surface area contributed by atoms with Crippen molar-refractivity contribution in [3.63, 3.8) is 0 Å². The second-order valence-corrected chi connectivity index (χ2v) is 6.41. The van der Waals surface area contributed by atoms with Crippen LogP contribution in [-0.2, 0) is 16.1 Å². The molecule has 1 aliphatic heterocycles. The second-order valence-electron chi connectivity index (χ2n) is 6.41. The summed E-state index contributed by atoms with van der Waals surface area (Å²) in [6.07, 6.45) is 3.91. The van der Waals surface area contributed by atoms with Crippen molar-refractivity contribution in [3.8, 4) is 0 Å². The molecule has 2 rings (SSSR count). The largest absolute Gasteiger partial charge is 0.444 e. The average Bonchev–Trinajstić information content (AvgIpc) is 2.93. The smallest absolute Gasteiger partial charge is 0.410 e. The van der Waals surface area contributed by atoms with Crippen LogP contribution < -0.4 is 9.99 Å². The molecule has 124 valence electrons. The maximum Gasteiger partial charge on any atom is 0.410 e. The number of carbonyl (C=O) groups excluding carboxylic acids is 2. The fraction of sp³-hybridized carbons (Fsp3) is 0.500. The molecule has 1 aliphatic rings. The summed E-state index contributed by atoms with van der Waals surface area (Å²) < 4.78 is 7.08. The first-order valence-electron chi connectivity index (χ1n) is 7.60. The van der Waals surface area contributed by atoms with E-state index in [1.165, 1.54) is 0 Å². The SMILES string of the molecule is CC(C)(C)OC(=O)N1CC/C(=N\NC(=O)C[n+]2ccccc2)C1. The molecule has 2 heterocycles. The van der Waals surface area contributed by atoms with Gasteiger partial charge in [0.05, 0.1) is 12.3 Å². The lowest BCUT2D eigenvalue weighted by atomic mass is 10.2. The summed E-state index contributed by atoms with van der Waals surface area (Å²) in [6.45, 7) is 6.63. The molecule has 0 saturated carbocycles. The zero-order valence-electron chi connectivity index (χ0n) is 13.8. The highest BCUT2D eigenvalue weighted by Gasteiger charge is 2.27. The third kappa shape index (κ3) is 5.69. The van der Waals surface area contributed by atoms with Gasteiger partial charge in [-0.2, -0.15) is 9.67 Å². The number of carbonyl (C=O) groups is 2.